The van der Waals surface area contributed by atoms with E-state index in [1.807, 2.05) is 0 Å². The largest absolute Gasteiger partial charge is 0.454 e. The van der Waals surface area contributed by atoms with Crippen LogP contribution in [0, 0.1) is 6.92 Å². The van der Waals surface area contributed by atoms with E-state index in [1.54, 1.807) is 18.2 Å². The Morgan fingerprint density at radius 2 is 1.96 bits per heavy atom. The van der Waals surface area contributed by atoms with Crippen molar-refractivity contribution in [3.63, 3.8) is 0 Å². The van der Waals surface area contributed by atoms with Crippen LogP contribution in [0.2, 0.25) is 0 Å². The lowest BCUT2D eigenvalue weighted by Crippen LogP contribution is -2.11. The summed E-state index contributed by atoms with van der Waals surface area (Å²) >= 11 is 0.857. The Morgan fingerprint density at radius 1 is 1.21 bits per heavy atom. The fourth-order valence-electron chi connectivity index (χ4n) is 2.03. The molecule has 0 fully saturated rings. The number of ether oxygens (including phenoxy) is 2. The van der Waals surface area contributed by atoms with Gasteiger partial charge in [0, 0.05) is 11.3 Å². The van der Waals surface area contributed by atoms with Gasteiger partial charge >= 0.3 is 6.18 Å². The molecule has 0 atom stereocenters. The predicted octanol–water partition coefficient (Wildman–Crippen LogP) is 3.51. The number of carbonyl (C=O) groups excluding carboxylic acids is 1. The van der Waals surface area contributed by atoms with E-state index in [0.29, 0.717) is 17.1 Å². The molecule has 126 valence electrons. The summed E-state index contributed by atoms with van der Waals surface area (Å²) in [7, 11) is 0. The Kier molecular flexibility index (Phi) is 4.35. The first-order valence-corrected chi connectivity index (χ1v) is 7.80. The van der Waals surface area contributed by atoms with Crippen LogP contribution in [0.25, 0.3) is 0 Å². The topological polar surface area (TPSA) is 61.3 Å². The third-order valence-corrected chi connectivity index (χ3v) is 4.00. The van der Waals surface area contributed by atoms with Gasteiger partial charge in [0.1, 0.15) is 5.69 Å². The van der Waals surface area contributed by atoms with Crippen LogP contribution < -0.4 is 9.47 Å². The Hall–Kier alpha value is -2.29. The molecule has 0 aliphatic carbocycles. The van der Waals surface area contributed by atoms with E-state index in [2.05, 4.69) is 9.97 Å². The van der Waals surface area contributed by atoms with Crippen LogP contribution >= 0.6 is 11.8 Å². The van der Waals surface area contributed by atoms with Gasteiger partial charge in [-0.15, -0.1) is 0 Å². The van der Waals surface area contributed by atoms with Crippen molar-refractivity contribution in [1.82, 2.24) is 9.97 Å². The molecule has 1 aliphatic rings. The number of carbonyl (C=O) groups is 1. The number of ketones is 1. The minimum atomic E-state index is -4.55. The normalized spacial score (nSPS) is 13.2. The lowest BCUT2D eigenvalue weighted by atomic mass is 10.1. The van der Waals surface area contributed by atoms with Crippen LogP contribution in [0.3, 0.4) is 0 Å². The Balaban J connectivity index is 1.71. The SMILES string of the molecule is Cc1cc(C(F)(F)F)nc(SCC(=O)c2ccc3c(c2)OCO3)n1. The van der Waals surface area contributed by atoms with Gasteiger partial charge in [0.25, 0.3) is 0 Å². The van der Waals surface area contributed by atoms with Gasteiger partial charge in [0.2, 0.25) is 6.79 Å². The van der Waals surface area contributed by atoms with E-state index in [1.165, 1.54) is 6.92 Å². The third-order valence-electron chi connectivity index (χ3n) is 3.15. The summed E-state index contributed by atoms with van der Waals surface area (Å²) in [4.78, 5) is 19.6. The van der Waals surface area contributed by atoms with Crippen LogP contribution in [-0.4, -0.2) is 28.3 Å². The van der Waals surface area contributed by atoms with Gasteiger partial charge in [-0.2, -0.15) is 13.2 Å². The van der Waals surface area contributed by atoms with Crippen molar-refractivity contribution in [2.75, 3.05) is 12.5 Å². The molecule has 0 spiro atoms. The number of benzene rings is 1. The maximum atomic E-state index is 12.7. The molecule has 5 nitrogen and oxygen atoms in total. The average Bonchev–Trinajstić information content (AvgIpc) is 2.98. The van der Waals surface area contributed by atoms with E-state index < -0.39 is 11.9 Å². The number of nitrogens with zero attached hydrogens (tertiary/aromatic N) is 2. The van der Waals surface area contributed by atoms with Gasteiger partial charge < -0.3 is 9.47 Å². The van der Waals surface area contributed by atoms with Crippen LogP contribution in [0.5, 0.6) is 11.5 Å². The van der Waals surface area contributed by atoms with Crippen LogP contribution in [0.1, 0.15) is 21.7 Å². The molecule has 3 rings (SSSR count). The monoisotopic (exact) mass is 356 g/mol. The van der Waals surface area contributed by atoms with Gasteiger partial charge in [0.15, 0.2) is 22.4 Å². The predicted molar refractivity (Wildman–Crippen MR) is 79.4 cm³/mol. The first-order valence-electron chi connectivity index (χ1n) is 6.81. The van der Waals surface area contributed by atoms with Crippen molar-refractivity contribution >= 4 is 17.5 Å². The second kappa shape index (κ2) is 6.31. The number of hydrogen-bond acceptors (Lipinski definition) is 6. The highest BCUT2D eigenvalue weighted by molar-refractivity contribution is 7.99. The van der Waals surface area contributed by atoms with E-state index in [0.717, 1.165) is 17.8 Å². The number of halogens is 3. The highest BCUT2D eigenvalue weighted by Crippen LogP contribution is 2.33. The van der Waals surface area contributed by atoms with E-state index in [9.17, 15) is 18.0 Å². The molecular formula is C15H11F3N2O3S. The first-order chi connectivity index (χ1) is 11.3. The lowest BCUT2D eigenvalue weighted by molar-refractivity contribution is -0.141. The Bertz CT molecular complexity index is 796. The molecule has 2 heterocycles. The fourth-order valence-corrected chi connectivity index (χ4v) is 2.83. The number of thioether (sulfide) groups is 1. The molecule has 24 heavy (non-hydrogen) atoms. The van der Waals surface area contributed by atoms with Crippen molar-refractivity contribution in [3.8, 4) is 11.5 Å². The summed E-state index contributed by atoms with van der Waals surface area (Å²) in [6.45, 7) is 1.54. The quantitative estimate of drug-likeness (QED) is 0.475. The minimum absolute atomic E-state index is 0.0829. The highest BCUT2D eigenvalue weighted by Gasteiger charge is 2.33. The molecular weight excluding hydrogens is 345 g/mol. The third kappa shape index (κ3) is 3.61. The molecule has 0 unspecified atom stereocenters. The van der Waals surface area contributed by atoms with E-state index in [4.69, 9.17) is 9.47 Å². The standard InChI is InChI=1S/C15H11F3N2O3S/c1-8-4-13(15(16,17)18)20-14(19-8)24-6-10(21)9-2-3-11-12(5-9)23-7-22-11/h2-5H,6-7H2,1H3. The molecule has 0 saturated carbocycles. The maximum Gasteiger partial charge on any atom is 0.433 e. The molecule has 0 radical (unpaired) electrons. The van der Waals surface area contributed by atoms with Crippen molar-refractivity contribution in [3.05, 3.63) is 41.2 Å². The van der Waals surface area contributed by atoms with Gasteiger partial charge in [-0.05, 0) is 31.2 Å². The number of rotatable bonds is 4. The van der Waals surface area contributed by atoms with Crippen LogP contribution in [-0.2, 0) is 6.18 Å². The van der Waals surface area contributed by atoms with Gasteiger partial charge in [-0.3, -0.25) is 4.79 Å². The van der Waals surface area contributed by atoms with Gasteiger partial charge in [-0.1, -0.05) is 11.8 Å². The van der Waals surface area contributed by atoms with Crippen LogP contribution in [0.15, 0.2) is 29.4 Å². The molecule has 0 N–H and O–H groups in total. The molecule has 1 aromatic carbocycles. The molecule has 2 aromatic rings. The minimum Gasteiger partial charge on any atom is -0.454 e. The Labute approximate surface area is 139 Å². The summed E-state index contributed by atoms with van der Waals surface area (Å²) in [5, 5.41) is -0.0866. The van der Waals surface area contributed by atoms with Crippen molar-refractivity contribution in [2.45, 2.75) is 18.3 Å². The second-order valence-corrected chi connectivity index (χ2v) is 5.90. The van der Waals surface area contributed by atoms with Crippen molar-refractivity contribution < 1.29 is 27.4 Å². The number of alkyl halides is 3. The highest BCUT2D eigenvalue weighted by atomic mass is 32.2. The number of fused-ring (bicyclic) bond motifs is 1. The van der Waals surface area contributed by atoms with E-state index >= 15 is 0 Å². The zero-order valence-electron chi connectivity index (χ0n) is 12.4. The lowest BCUT2D eigenvalue weighted by Gasteiger charge is -2.08. The van der Waals surface area contributed by atoms with Crippen LogP contribution in [0.4, 0.5) is 13.2 Å². The molecule has 0 amide bonds. The second-order valence-electron chi connectivity index (χ2n) is 4.95. The summed E-state index contributed by atoms with van der Waals surface area (Å²) in [5.41, 5.74) is -0.446. The average molecular weight is 356 g/mol. The number of aromatic nitrogens is 2. The molecule has 9 heteroatoms. The molecule has 1 aliphatic heterocycles. The zero-order valence-corrected chi connectivity index (χ0v) is 13.2. The number of Topliss-reactive ketones (excluding diaryl/α,β-unsaturated/α-hetero) is 1. The molecule has 1 aromatic heterocycles. The van der Waals surface area contributed by atoms with Gasteiger partial charge in [-0.25, -0.2) is 9.97 Å². The Morgan fingerprint density at radius 3 is 2.71 bits per heavy atom. The zero-order chi connectivity index (χ0) is 17.3. The first kappa shape index (κ1) is 16.6. The summed E-state index contributed by atoms with van der Waals surface area (Å²) in [6.07, 6.45) is -4.55. The number of hydrogen-bond donors (Lipinski definition) is 0. The number of aryl methyl sites for hydroxylation is 1. The molecule has 0 bridgehead atoms. The summed E-state index contributed by atoms with van der Waals surface area (Å²) in [6, 6.07) is 5.60. The summed E-state index contributed by atoms with van der Waals surface area (Å²) in [5.74, 6) is 0.672. The van der Waals surface area contributed by atoms with Crippen molar-refractivity contribution in [1.29, 1.82) is 0 Å². The summed E-state index contributed by atoms with van der Waals surface area (Å²) < 4.78 is 48.6. The fraction of sp³-hybridized carbons (Fsp3) is 0.267. The molecule has 0 saturated heterocycles. The smallest absolute Gasteiger partial charge is 0.433 e. The van der Waals surface area contributed by atoms with Crippen molar-refractivity contribution in [2.24, 2.45) is 0 Å². The maximum absolute atomic E-state index is 12.7. The van der Waals surface area contributed by atoms with E-state index in [-0.39, 0.29) is 29.2 Å². The van der Waals surface area contributed by atoms with Gasteiger partial charge in [0.05, 0.1) is 5.75 Å².